The predicted octanol–water partition coefficient (Wildman–Crippen LogP) is 1.26. The zero-order valence-electron chi connectivity index (χ0n) is 9.37. The Balaban J connectivity index is 2.12. The number of hydrogen-bond donors (Lipinski definition) is 2. The number of carboxylic acids is 1. The van der Waals surface area contributed by atoms with Crippen molar-refractivity contribution < 1.29 is 14.6 Å². The van der Waals surface area contributed by atoms with E-state index in [1.54, 1.807) is 0 Å². The van der Waals surface area contributed by atoms with Gasteiger partial charge < -0.3 is 15.2 Å². The summed E-state index contributed by atoms with van der Waals surface area (Å²) >= 11 is 0. The van der Waals surface area contributed by atoms with Crippen molar-refractivity contribution in [3.8, 4) is 0 Å². The highest BCUT2D eigenvalue weighted by molar-refractivity contribution is 5.73. The number of likely N-dealkylation sites (N-methyl/N-ethyl adjacent to an activating group) is 1. The maximum absolute atomic E-state index is 10.8. The van der Waals surface area contributed by atoms with Crippen LogP contribution in [0.3, 0.4) is 0 Å². The summed E-state index contributed by atoms with van der Waals surface area (Å²) in [6.45, 7) is 3.55. The van der Waals surface area contributed by atoms with E-state index in [-0.39, 0.29) is 6.61 Å². The first-order chi connectivity index (χ1) is 7.24. The van der Waals surface area contributed by atoms with E-state index in [1.807, 2.05) is 6.92 Å². The van der Waals surface area contributed by atoms with E-state index in [2.05, 4.69) is 5.32 Å². The Morgan fingerprint density at radius 1 is 1.53 bits per heavy atom. The van der Waals surface area contributed by atoms with E-state index in [4.69, 9.17) is 9.84 Å². The molecule has 1 saturated carbocycles. The number of hydrogen-bond acceptors (Lipinski definition) is 3. The van der Waals surface area contributed by atoms with Crippen molar-refractivity contribution in [3.05, 3.63) is 0 Å². The highest BCUT2D eigenvalue weighted by Crippen LogP contribution is 2.24. The summed E-state index contributed by atoms with van der Waals surface area (Å²) in [7, 11) is 0. The second-order valence-electron chi connectivity index (χ2n) is 4.14. The molecule has 15 heavy (non-hydrogen) atoms. The first kappa shape index (κ1) is 12.5. The van der Waals surface area contributed by atoms with Crippen LogP contribution in [0.4, 0.5) is 0 Å². The van der Waals surface area contributed by atoms with Gasteiger partial charge in [0.05, 0.1) is 6.61 Å². The molecular formula is C11H21NO3. The molecular weight excluding hydrogens is 194 g/mol. The molecule has 0 aromatic heterocycles. The number of carbonyl (C=O) groups is 1. The highest BCUT2D eigenvalue weighted by atomic mass is 16.5. The van der Waals surface area contributed by atoms with Gasteiger partial charge in [0.15, 0.2) is 0 Å². The second kappa shape index (κ2) is 6.80. The molecule has 1 aliphatic rings. The highest BCUT2D eigenvalue weighted by Gasteiger charge is 2.18. The van der Waals surface area contributed by atoms with Crippen LogP contribution in [0.15, 0.2) is 0 Å². The zero-order chi connectivity index (χ0) is 11.1. The Labute approximate surface area is 91.0 Å². The Bertz CT molecular complexity index is 190. The predicted molar refractivity (Wildman–Crippen MR) is 57.9 cm³/mol. The molecule has 0 saturated heterocycles. The van der Waals surface area contributed by atoms with Crippen molar-refractivity contribution in [1.82, 2.24) is 5.32 Å². The van der Waals surface area contributed by atoms with Crippen LogP contribution in [0.1, 0.15) is 32.6 Å². The molecule has 0 aromatic rings. The standard InChI is InChI=1S/C11H21NO3/c1-2-12-10(11(13)14)8-15-7-9-5-3-4-6-9/h9-10,12H,2-8H2,1H3,(H,13,14)/t10-/m0/s1. The zero-order valence-corrected chi connectivity index (χ0v) is 9.37. The van der Waals surface area contributed by atoms with Crippen molar-refractivity contribution >= 4 is 5.97 Å². The Morgan fingerprint density at radius 2 is 2.20 bits per heavy atom. The fourth-order valence-electron chi connectivity index (χ4n) is 1.99. The molecule has 1 atom stereocenters. The number of rotatable bonds is 7. The van der Waals surface area contributed by atoms with E-state index in [0.717, 1.165) is 6.61 Å². The SMILES string of the molecule is CCN[C@@H](COCC1CCCC1)C(=O)O. The summed E-state index contributed by atoms with van der Waals surface area (Å²) in [6.07, 6.45) is 5.06. The molecule has 0 unspecified atom stereocenters. The van der Waals surface area contributed by atoms with Crippen LogP contribution in [-0.2, 0) is 9.53 Å². The minimum atomic E-state index is -0.830. The number of nitrogens with one attached hydrogen (secondary N) is 1. The van der Waals surface area contributed by atoms with Crippen molar-refractivity contribution in [2.45, 2.75) is 38.6 Å². The molecule has 2 N–H and O–H groups in total. The van der Waals surface area contributed by atoms with Gasteiger partial charge in [0, 0.05) is 6.61 Å². The maximum Gasteiger partial charge on any atom is 0.323 e. The smallest absolute Gasteiger partial charge is 0.323 e. The molecule has 4 heteroatoms. The average Bonchev–Trinajstić information content (AvgIpc) is 2.69. The number of carboxylic acid groups (broad SMARTS) is 1. The van der Waals surface area contributed by atoms with Gasteiger partial charge in [0.1, 0.15) is 6.04 Å². The molecule has 0 heterocycles. The molecule has 0 bridgehead atoms. The Kier molecular flexibility index (Phi) is 5.65. The number of ether oxygens (including phenoxy) is 1. The normalized spacial score (nSPS) is 19.3. The van der Waals surface area contributed by atoms with E-state index < -0.39 is 12.0 Å². The van der Waals surface area contributed by atoms with Crippen LogP contribution >= 0.6 is 0 Å². The molecule has 1 aliphatic carbocycles. The van der Waals surface area contributed by atoms with Gasteiger partial charge in [-0.3, -0.25) is 4.79 Å². The molecule has 0 amide bonds. The number of aliphatic carboxylic acids is 1. The van der Waals surface area contributed by atoms with Gasteiger partial charge in [-0.15, -0.1) is 0 Å². The van der Waals surface area contributed by atoms with E-state index in [0.29, 0.717) is 12.5 Å². The van der Waals surface area contributed by atoms with Gasteiger partial charge in [-0.25, -0.2) is 0 Å². The first-order valence-electron chi connectivity index (χ1n) is 5.78. The average molecular weight is 215 g/mol. The fourth-order valence-corrected chi connectivity index (χ4v) is 1.99. The molecule has 1 rings (SSSR count). The summed E-state index contributed by atoms with van der Waals surface area (Å²) in [6, 6.07) is -0.559. The molecule has 88 valence electrons. The van der Waals surface area contributed by atoms with E-state index >= 15 is 0 Å². The van der Waals surface area contributed by atoms with Crippen LogP contribution in [0.2, 0.25) is 0 Å². The van der Waals surface area contributed by atoms with Crippen LogP contribution < -0.4 is 5.32 Å². The van der Waals surface area contributed by atoms with Gasteiger partial charge in [-0.2, -0.15) is 0 Å². The second-order valence-corrected chi connectivity index (χ2v) is 4.14. The lowest BCUT2D eigenvalue weighted by molar-refractivity contribution is -0.141. The van der Waals surface area contributed by atoms with Crippen molar-refractivity contribution in [2.24, 2.45) is 5.92 Å². The Hall–Kier alpha value is -0.610. The topological polar surface area (TPSA) is 58.6 Å². The van der Waals surface area contributed by atoms with Crippen molar-refractivity contribution in [2.75, 3.05) is 19.8 Å². The van der Waals surface area contributed by atoms with Crippen LogP contribution in [0.5, 0.6) is 0 Å². The van der Waals surface area contributed by atoms with E-state index in [9.17, 15) is 4.79 Å². The van der Waals surface area contributed by atoms with Gasteiger partial charge in [0.2, 0.25) is 0 Å². The monoisotopic (exact) mass is 215 g/mol. The third-order valence-electron chi connectivity index (χ3n) is 2.86. The lowest BCUT2D eigenvalue weighted by atomic mass is 10.1. The van der Waals surface area contributed by atoms with Crippen molar-refractivity contribution in [1.29, 1.82) is 0 Å². The molecule has 4 nitrogen and oxygen atoms in total. The summed E-state index contributed by atoms with van der Waals surface area (Å²) in [5, 5.41) is 11.7. The minimum Gasteiger partial charge on any atom is -0.480 e. The van der Waals surface area contributed by atoms with Crippen molar-refractivity contribution in [3.63, 3.8) is 0 Å². The Morgan fingerprint density at radius 3 is 2.73 bits per heavy atom. The van der Waals surface area contributed by atoms with Crippen LogP contribution in [0.25, 0.3) is 0 Å². The molecule has 0 radical (unpaired) electrons. The summed E-state index contributed by atoms with van der Waals surface area (Å²) in [5.74, 6) is -0.177. The first-order valence-corrected chi connectivity index (χ1v) is 5.78. The maximum atomic E-state index is 10.8. The molecule has 0 aliphatic heterocycles. The largest absolute Gasteiger partial charge is 0.480 e. The lowest BCUT2D eigenvalue weighted by Gasteiger charge is -2.15. The molecule has 1 fully saturated rings. The van der Waals surface area contributed by atoms with Gasteiger partial charge in [0.25, 0.3) is 0 Å². The van der Waals surface area contributed by atoms with Gasteiger partial charge in [-0.1, -0.05) is 19.8 Å². The summed E-state index contributed by atoms with van der Waals surface area (Å²) in [5.41, 5.74) is 0. The van der Waals surface area contributed by atoms with E-state index in [1.165, 1.54) is 25.7 Å². The summed E-state index contributed by atoms with van der Waals surface area (Å²) < 4.78 is 5.45. The minimum absolute atomic E-state index is 0.277. The third-order valence-corrected chi connectivity index (χ3v) is 2.86. The fraction of sp³-hybridized carbons (Fsp3) is 0.909. The quantitative estimate of drug-likeness (QED) is 0.671. The van der Waals surface area contributed by atoms with Gasteiger partial charge in [-0.05, 0) is 25.3 Å². The van der Waals surface area contributed by atoms with Gasteiger partial charge >= 0.3 is 5.97 Å². The van der Waals surface area contributed by atoms with Crippen LogP contribution in [-0.4, -0.2) is 36.9 Å². The third kappa shape index (κ3) is 4.62. The molecule has 0 aromatic carbocycles. The summed E-state index contributed by atoms with van der Waals surface area (Å²) in [4.78, 5) is 10.8. The lowest BCUT2D eigenvalue weighted by Crippen LogP contribution is -2.40. The molecule has 0 spiro atoms. The van der Waals surface area contributed by atoms with Crippen LogP contribution in [0, 0.1) is 5.92 Å².